The normalized spacial score (nSPS) is 36.2. The minimum Gasteiger partial charge on any atom is -0.312 e. The number of nitrogens with zero attached hydrogens (tertiary/aromatic N) is 1. The molecule has 1 N–H and O–H groups in total. The second-order valence-corrected chi connectivity index (χ2v) is 5.54. The number of rotatable bonds is 0. The molecule has 0 amide bonds. The van der Waals surface area contributed by atoms with Crippen molar-refractivity contribution in [2.24, 2.45) is 5.92 Å². The molecule has 0 unspecified atom stereocenters. The second kappa shape index (κ2) is 3.25. The Kier molecular flexibility index (Phi) is 2.37. The van der Waals surface area contributed by atoms with Crippen LogP contribution in [0.2, 0.25) is 0 Å². The number of likely N-dealkylation sites (tertiary alicyclic amines) is 1. The zero-order chi connectivity index (χ0) is 9.47. The fraction of sp³-hybridized carbons (Fsp3) is 1.00. The molecule has 0 aromatic heterocycles. The van der Waals surface area contributed by atoms with Gasteiger partial charge in [0, 0.05) is 24.7 Å². The summed E-state index contributed by atoms with van der Waals surface area (Å²) < 4.78 is 0. The van der Waals surface area contributed by atoms with Crippen LogP contribution in [0.15, 0.2) is 0 Å². The number of hydrogen-bond donors (Lipinski definition) is 1. The van der Waals surface area contributed by atoms with Crippen molar-refractivity contribution in [1.29, 1.82) is 0 Å². The quantitative estimate of drug-likeness (QED) is 0.610. The molecule has 2 saturated heterocycles. The second-order valence-electron chi connectivity index (χ2n) is 5.54. The SMILES string of the molecule is CC(C)(C)N1C[C@H]2CCCN[C@H]2C1. The highest BCUT2D eigenvalue weighted by Gasteiger charge is 2.38. The summed E-state index contributed by atoms with van der Waals surface area (Å²) in [4.78, 5) is 2.63. The highest BCUT2D eigenvalue weighted by Crippen LogP contribution is 2.29. The topological polar surface area (TPSA) is 15.3 Å². The van der Waals surface area contributed by atoms with Crippen LogP contribution in [-0.4, -0.2) is 36.1 Å². The number of hydrogen-bond acceptors (Lipinski definition) is 2. The van der Waals surface area contributed by atoms with Crippen molar-refractivity contribution in [3.05, 3.63) is 0 Å². The van der Waals surface area contributed by atoms with Gasteiger partial charge in [0.2, 0.25) is 0 Å². The van der Waals surface area contributed by atoms with E-state index < -0.39 is 0 Å². The molecule has 0 aromatic carbocycles. The van der Waals surface area contributed by atoms with Crippen LogP contribution in [0.25, 0.3) is 0 Å². The van der Waals surface area contributed by atoms with Gasteiger partial charge in [0.1, 0.15) is 0 Å². The van der Waals surface area contributed by atoms with E-state index in [9.17, 15) is 0 Å². The summed E-state index contributed by atoms with van der Waals surface area (Å²) in [6, 6.07) is 0.785. The number of nitrogens with one attached hydrogen (secondary N) is 1. The standard InChI is InChI=1S/C11H22N2/c1-11(2,3)13-7-9-5-4-6-12-10(9)8-13/h9-10,12H,4-8H2,1-3H3/t9-,10+/m1/s1. The van der Waals surface area contributed by atoms with Crippen molar-refractivity contribution in [1.82, 2.24) is 10.2 Å². The summed E-state index contributed by atoms with van der Waals surface area (Å²) in [5.41, 5.74) is 0.360. The smallest absolute Gasteiger partial charge is 0.0235 e. The predicted octanol–water partition coefficient (Wildman–Crippen LogP) is 1.47. The lowest BCUT2D eigenvalue weighted by Crippen LogP contribution is -2.43. The van der Waals surface area contributed by atoms with E-state index in [0.29, 0.717) is 5.54 Å². The molecule has 2 nitrogen and oxygen atoms in total. The van der Waals surface area contributed by atoms with Gasteiger partial charge in [0.25, 0.3) is 0 Å². The van der Waals surface area contributed by atoms with E-state index in [1.165, 1.54) is 32.5 Å². The molecule has 0 saturated carbocycles. The van der Waals surface area contributed by atoms with Gasteiger partial charge in [0.05, 0.1) is 0 Å². The van der Waals surface area contributed by atoms with E-state index in [4.69, 9.17) is 0 Å². The molecule has 0 bridgehead atoms. The molecule has 2 aliphatic rings. The molecule has 0 aromatic rings. The Hall–Kier alpha value is -0.0800. The molecule has 0 radical (unpaired) electrons. The molecule has 76 valence electrons. The van der Waals surface area contributed by atoms with Crippen molar-refractivity contribution in [3.8, 4) is 0 Å². The van der Waals surface area contributed by atoms with E-state index in [1.54, 1.807) is 0 Å². The Balaban J connectivity index is 1.99. The molecule has 2 aliphatic heterocycles. The van der Waals surface area contributed by atoms with Gasteiger partial charge in [-0.25, -0.2) is 0 Å². The number of fused-ring (bicyclic) bond motifs is 1. The summed E-state index contributed by atoms with van der Waals surface area (Å²) in [6.07, 6.45) is 2.81. The first-order chi connectivity index (χ1) is 6.07. The van der Waals surface area contributed by atoms with Gasteiger partial charge in [0.15, 0.2) is 0 Å². The Morgan fingerprint density at radius 1 is 1.23 bits per heavy atom. The third-order valence-electron chi connectivity index (χ3n) is 3.55. The maximum atomic E-state index is 3.64. The lowest BCUT2D eigenvalue weighted by molar-refractivity contribution is 0.167. The Morgan fingerprint density at radius 2 is 2.00 bits per heavy atom. The van der Waals surface area contributed by atoms with Crippen molar-refractivity contribution in [2.45, 2.75) is 45.2 Å². The van der Waals surface area contributed by atoms with Crippen LogP contribution < -0.4 is 5.32 Å². The summed E-state index contributed by atoms with van der Waals surface area (Å²) in [6.45, 7) is 10.8. The average molecular weight is 182 g/mol. The highest BCUT2D eigenvalue weighted by molar-refractivity contribution is 4.95. The first-order valence-electron chi connectivity index (χ1n) is 5.56. The fourth-order valence-electron chi connectivity index (χ4n) is 2.59. The van der Waals surface area contributed by atoms with Gasteiger partial charge in [-0.05, 0) is 46.1 Å². The molecule has 2 atom stereocenters. The zero-order valence-corrected chi connectivity index (χ0v) is 9.14. The van der Waals surface area contributed by atoms with E-state index >= 15 is 0 Å². The molecule has 2 heterocycles. The summed E-state index contributed by atoms with van der Waals surface area (Å²) in [5.74, 6) is 0.924. The van der Waals surface area contributed by atoms with Crippen LogP contribution in [0, 0.1) is 5.92 Å². The van der Waals surface area contributed by atoms with Crippen LogP contribution in [-0.2, 0) is 0 Å². The highest BCUT2D eigenvalue weighted by atomic mass is 15.2. The van der Waals surface area contributed by atoms with Crippen LogP contribution in [0.1, 0.15) is 33.6 Å². The maximum Gasteiger partial charge on any atom is 0.0235 e. The summed E-state index contributed by atoms with van der Waals surface area (Å²) >= 11 is 0. The zero-order valence-electron chi connectivity index (χ0n) is 9.14. The Labute approximate surface area is 81.7 Å². The lowest BCUT2D eigenvalue weighted by atomic mass is 9.94. The summed E-state index contributed by atoms with van der Waals surface area (Å²) in [5, 5.41) is 3.64. The van der Waals surface area contributed by atoms with Crippen LogP contribution >= 0.6 is 0 Å². The molecule has 0 spiro atoms. The minimum absolute atomic E-state index is 0.360. The Bertz CT molecular complexity index is 169. The lowest BCUT2D eigenvalue weighted by Gasteiger charge is -2.31. The van der Waals surface area contributed by atoms with Gasteiger partial charge < -0.3 is 5.32 Å². The fourth-order valence-corrected chi connectivity index (χ4v) is 2.59. The molecular formula is C11H22N2. The molecule has 2 rings (SSSR count). The van der Waals surface area contributed by atoms with Crippen LogP contribution in [0.3, 0.4) is 0 Å². The van der Waals surface area contributed by atoms with Gasteiger partial charge in [-0.1, -0.05) is 0 Å². The minimum atomic E-state index is 0.360. The third kappa shape index (κ3) is 1.89. The number of piperidine rings is 1. The van der Waals surface area contributed by atoms with E-state index in [0.717, 1.165) is 12.0 Å². The van der Waals surface area contributed by atoms with Gasteiger partial charge in [-0.2, -0.15) is 0 Å². The predicted molar refractivity (Wildman–Crippen MR) is 55.8 cm³/mol. The summed E-state index contributed by atoms with van der Waals surface area (Å²) in [7, 11) is 0. The third-order valence-corrected chi connectivity index (χ3v) is 3.55. The van der Waals surface area contributed by atoms with E-state index in [1.807, 2.05) is 0 Å². The van der Waals surface area contributed by atoms with Crippen molar-refractivity contribution in [3.63, 3.8) is 0 Å². The maximum absolute atomic E-state index is 3.64. The van der Waals surface area contributed by atoms with Crippen LogP contribution in [0.5, 0.6) is 0 Å². The monoisotopic (exact) mass is 182 g/mol. The van der Waals surface area contributed by atoms with Gasteiger partial charge in [-0.15, -0.1) is 0 Å². The van der Waals surface area contributed by atoms with E-state index in [2.05, 4.69) is 31.0 Å². The Morgan fingerprint density at radius 3 is 2.62 bits per heavy atom. The first-order valence-corrected chi connectivity index (χ1v) is 5.56. The van der Waals surface area contributed by atoms with Gasteiger partial charge in [-0.3, -0.25) is 4.90 Å². The average Bonchev–Trinajstić information content (AvgIpc) is 2.45. The van der Waals surface area contributed by atoms with Gasteiger partial charge >= 0.3 is 0 Å². The molecule has 2 heteroatoms. The van der Waals surface area contributed by atoms with Crippen LogP contribution in [0.4, 0.5) is 0 Å². The van der Waals surface area contributed by atoms with Crippen molar-refractivity contribution < 1.29 is 0 Å². The first kappa shape index (κ1) is 9.47. The molecular weight excluding hydrogens is 160 g/mol. The largest absolute Gasteiger partial charge is 0.312 e. The van der Waals surface area contributed by atoms with Crippen molar-refractivity contribution in [2.75, 3.05) is 19.6 Å². The van der Waals surface area contributed by atoms with Crippen molar-refractivity contribution >= 4 is 0 Å². The molecule has 0 aliphatic carbocycles. The van der Waals surface area contributed by atoms with E-state index in [-0.39, 0.29) is 0 Å². The molecule has 13 heavy (non-hydrogen) atoms. The molecule has 2 fully saturated rings.